The Balaban J connectivity index is 2.26. The summed E-state index contributed by atoms with van der Waals surface area (Å²) in [7, 11) is 1.61. The molecule has 1 saturated heterocycles. The summed E-state index contributed by atoms with van der Waals surface area (Å²) in [5, 5.41) is 3.28. The second-order valence-electron chi connectivity index (χ2n) is 4.42. The molecule has 1 fully saturated rings. The zero-order chi connectivity index (χ0) is 11.6. The van der Waals surface area contributed by atoms with Gasteiger partial charge in [0.2, 0.25) is 0 Å². The number of nitrogens with one attached hydrogen (secondary N) is 1. The van der Waals surface area contributed by atoms with Crippen molar-refractivity contribution in [3.05, 3.63) is 29.8 Å². The van der Waals surface area contributed by atoms with Gasteiger partial charge in [-0.25, -0.2) is 0 Å². The lowest BCUT2D eigenvalue weighted by Crippen LogP contribution is -2.44. The van der Waals surface area contributed by atoms with Gasteiger partial charge in [-0.05, 0) is 38.4 Å². The van der Waals surface area contributed by atoms with Crippen molar-refractivity contribution in [1.82, 2.24) is 5.32 Å². The Labute approximate surface area is 95.8 Å². The number of ketones is 1. The van der Waals surface area contributed by atoms with E-state index in [2.05, 4.69) is 5.32 Å². The molecule has 0 spiro atoms. The number of Topliss-reactive ketones (excluding diaryl/α,β-unsaturated/α-hetero) is 1. The third kappa shape index (κ3) is 1.95. The maximum absolute atomic E-state index is 12.3. The van der Waals surface area contributed by atoms with E-state index in [0.717, 1.165) is 30.7 Å². The molecule has 0 amide bonds. The molecule has 1 atom stereocenters. The van der Waals surface area contributed by atoms with Crippen LogP contribution in [-0.4, -0.2) is 25.0 Å². The van der Waals surface area contributed by atoms with Gasteiger partial charge >= 0.3 is 0 Å². The lowest BCUT2D eigenvalue weighted by Gasteiger charge is -2.22. The van der Waals surface area contributed by atoms with Gasteiger partial charge in [0.15, 0.2) is 5.78 Å². The van der Waals surface area contributed by atoms with Crippen LogP contribution < -0.4 is 10.1 Å². The Bertz CT molecular complexity index is 395. The van der Waals surface area contributed by atoms with Crippen LogP contribution in [0, 0.1) is 0 Å². The normalized spacial score (nSPS) is 24.4. The van der Waals surface area contributed by atoms with Crippen molar-refractivity contribution in [1.29, 1.82) is 0 Å². The summed E-state index contributed by atoms with van der Waals surface area (Å²) in [5.74, 6) is 0.886. The Morgan fingerprint density at radius 2 is 2.31 bits per heavy atom. The highest BCUT2D eigenvalue weighted by atomic mass is 16.5. The molecule has 0 aliphatic carbocycles. The van der Waals surface area contributed by atoms with E-state index in [0.29, 0.717) is 0 Å². The first-order valence-corrected chi connectivity index (χ1v) is 5.59. The van der Waals surface area contributed by atoms with Gasteiger partial charge < -0.3 is 10.1 Å². The first-order chi connectivity index (χ1) is 7.65. The van der Waals surface area contributed by atoms with Crippen LogP contribution in [0.3, 0.4) is 0 Å². The van der Waals surface area contributed by atoms with E-state index >= 15 is 0 Å². The van der Waals surface area contributed by atoms with Crippen LogP contribution >= 0.6 is 0 Å². The number of carbonyl (C=O) groups is 1. The van der Waals surface area contributed by atoms with Crippen molar-refractivity contribution in [2.45, 2.75) is 25.3 Å². The monoisotopic (exact) mass is 219 g/mol. The maximum atomic E-state index is 12.3. The fourth-order valence-electron chi connectivity index (χ4n) is 2.17. The van der Waals surface area contributed by atoms with Gasteiger partial charge in [0.05, 0.1) is 12.6 Å². The van der Waals surface area contributed by atoms with E-state index in [1.165, 1.54) is 0 Å². The predicted molar refractivity (Wildman–Crippen MR) is 63.0 cm³/mol. The number of carbonyl (C=O) groups excluding carboxylic acids is 1. The number of hydrogen-bond donors (Lipinski definition) is 1. The average Bonchev–Trinajstić information content (AvgIpc) is 2.76. The summed E-state index contributed by atoms with van der Waals surface area (Å²) in [5.41, 5.74) is 0.322. The average molecular weight is 219 g/mol. The second-order valence-corrected chi connectivity index (χ2v) is 4.42. The molecule has 1 unspecified atom stereocenters. The van der Waals surface area contributed by atoms with Crippen LogP contribution in [-0.2, 0) is 0 Å². The summed E-state index contributed by atoms with van der Waals surface area (Å²) >= 11 is 0. The van der Waals surface area contributed by atoms with Crippen molar-refractivity contribution in [2.75, 3.05) is 13.7 Å². The Kier molecular flexibility index (Phi) is 2.97. The standard InChI is InChI=1S/C13H17NO2/c1-13(7-4-8-14-13)12(15)10-5-3-6-11(9-10)16-2/h3,5-6,9,14H,4,7-8H2,1-2H3. The molecular weight excluding hydrogens is 202 g/mol. The largest absolute Gasteiger partial charge is 0.497 e. The Hall–Kier alpha value is -1.35. The van der Waals surface area contributed by atoms with E-state index in [1.54, 1.807) is 13.2 Å². The summed E-state index contributed by atoms with van der Waals surface area (Å²) < 4.78 is 5.13. The second kappa shape index (κ2) is 4.26. The molecule has 1 aliphatic heterocycles. The minimum Gasteiger partial charge on any atom is -0.497 e. The van der Waals surface area contributed by atoms with Gasteiger partial charge in [-0.2, -0.15) is 0 Å². The lowest BCUT2D eigenvalue weighted by atomic mass is 9.90. The number of methoxy groups -OCH3 is 1. The van der Waals surface area contributed by atoms with Crippen molar-refractivity contribution in [3.8, 4) is 5.75 Å². The van der Waals surface area contributed by atoms with Gasteiger partial charge in [-0.1, -0.05) is 12.1 Å². The summed E-state index contributed by atoms with van der Waals surface area (Å²) in [6.07, 6.45) is 1.97. The summed E-state index contributed by atoms with van der Waals surface area (Å²) in [6, 6.07) is 7.34. The zero-order valence-corrected chi connectivity index (χ0v) is 9.75. The van der Waals surface area contributed by atoms with Gasteiger partial charge in [0.1, 0.15) is 5.75 Å². The van der Waals surface area contributed by atoms with Gasteiger partial charge in [0.25, 0.3) is 0 Å². The molecule has 0 saturated carbocycles. The van der Waals surface area contributed by atoms with Crippen LogP contribution in [0.1, 0.15) is 30.1 Å². The van der Waals surface area contributed by atoms with Crippen LogP contribution in [0.25, 0.3) is 0 Å². The van der Waals surface area contributed by atoms with E-state index < -0.39 is 5.54 Å². The molecule has 1 heterocycles. The molecule has 2 rings (SSSR count). The third-order valence-corrected chi connectivity index (χ3v) is 3.20. The molecule has 3 heteroatoms. The van der Waals surface area contributed by atoms with E-state index in [-0.39, 0.29) is 5.78 Å². The fraction of sp³-hybridized carbons (Fsp3) is 0.462. The van der Waals surface area contributed by atoms with E-state index in [4.69, 9.17) is 4.74 Å². The van der Waals surface area contributed by atoms with E-state index in [1.807, 2.05) is 25.1 Å². The summed E-state index contributed by atoms with van der Waals surface area (Å²) in [6.45, 7) is 2.90. The molecule has 16 heavy (non-hydrogen) atoms. The molecule has 0 bridgehead atoms. The maximum Gasteiger partial charge on any atom is 0.182 e. The highest BCUT2D eigenvalue weighted by molar-refractivity contribution is 6.03. The van der Waals surface area contributed by atoms with Crippen molar-refractivity contribution >= 4 is 5.78 Å². The molecule has 1 aromatic carbocycles. The highest BCUT2D eigenvalue weighted by Crippen LogP contribution is 2.25. The predicted octanol–water partition coefficient (Wildman–Crippen LogP) is 2.02. The fourth-order valence-corrected chi connectivity index (χ4v) is 2.17. The lowest BCUT2D eigenvalue weighted by molar-refractivity contribution is 0.0884. The number of benzene rings is 1. The molecule has 1 aliphatic rings. The number of hydrogen-bond acceptors (Lipinski definition) is 3. The molecule has 1 N–H and O–H groups in total. The molecule has 0 radical (unpaired) electrons. The molecule has 1 aromatic rings. The van der Waals surface area contributed by atoms with Crippen molar-refractivity contribution in [3.63, 3.8) is 0 Å². The smallest absolute Gasteiger partial charge is 0.182 e. The summed E-state index contributed by atoms with van der Waals surface area (Å²) in [4.78, 5) is 12.3. The van der Waals surface area contributed by atoms with Gasteiger partial charge in [0, 0.05) is 5.56 Å². The van der Waals surface area contributed by atoms with Crippen molar-refractivity contribution < 1.29 is 9.53 Å². The van der Waals surface area contributed by atoms with Gasteiger partial charge in [-0.15, -0.1) is 0 Å². The van der Waals surface area contributed by atoms with Crippen LogP contribution in [0.2, 0.25) is 0 Å². The third-order valence-electron chi connectivity index (χ3n) is 3.20. The minimum atomic E-state index is -0.396. The molecule has 0 aromatic heterocycles. The van der Waals surface area contributed by atoms with Gasteiger partial charge in [-0.3, -0.25) is 4.79 Å². The Morgan fingerprint density at radius 1 is 1.50 bits per heavy atom. The first kappa shape index (κ1) is 11.1. The number of rotatable bonds is 3. The van der Waals surface area contributed by atoms with Crippen molar-refractivity contribution in [2.24, 2.45) is 0 Å². The Morgan fingerprint density at radius 3 is 2.94 bits per heavy atom. The van der Waals surface area contributed by atoms with Crippen LogP contribution in [0.5, 0.6) is 5.75 Å². The number of ether oxygens (including phenoxy) is 1. The van der Waals surface area contributed by atoms with Crippen LogP contribution in [0.15, 0.2) is 24.3 Å². The molecule has 86 valence electrons. The zero-order valence-electron chi connectivity index (χ0n) is 9.75. The highest BCUT2D eigenvalue weighted by Gasteiger charge is 2.36. The first-order valence-electron chi connectivity index (χ1n) is 5.59. The molecule has 3 nitrogen and oxygen atoms in total. The SMILES string of the molecule is COc1cccc(C(=O)C2(C)CCCN2)c1. The minimum absolute atomic E-state index is 0.156. The molecular formula is C13H17NO2. The van der Waals surface area contributed by atoms with Crippen LogP contribution in [0.4, 0.5) is 0 Å². The van der Waals surface area contributed by atoms with E-state index in [9.17, 15) is 4.79 Å². The quantitative estimate of drug-likeness (QED) is 0.790. The topological polar surface area (TPSA) is 38.3 Å².